The lowest BCUT2D eigenvalue weighted by Crippen LogP contribution is -2.30. The van der Waals surface area contributed by atoms with E-state index in [4.69, 9.17) is 0 Å². The minimum atomic E-state index is -0.278. The summed E-state index contributed by atoms with van der Waals surface area (Å²) >= 11 is 0. The number of amides is 1. The number of nitrogens with one attached hydrogen (secondary N) is 1. The highest BCUT2D eigenvalue weighted by Gasteiger charge is 2.28. The largest absolute Gasteiger partial charge is 0.376 e. The maximum atomic E-state index is 13.3. The lowest BCUT2D eigenvalue weighted by molar-refractivity contribution is -0.118. The topological polar surface area (TPSA) is 32.3 Å². The van der Waals surface area contributed by atoms with Gasteiger partial charge in [0.2, 0.25) is 5.91 Å². The number of hydrogen-bond donors (Lipinski definition) is 1. The zero-order valence-electron chi connectivity index (χ0n) is 14.2. The van der Waals surface area contributed by atoms with Gasteiger partial charge < -0.3 is 10.2 Å². The molecule has 0 aliphatic carbocycles. The molecule has 0 saturated heterocycles. The molecule has 4 heteroatoms. The minimum Gasteiger partial charge on any atom is -0.376 e. The number of para-hydroxylation sites is 2. The van der Waals surface area contributed by atoms with Crippen LogP contribution in [0, 0.1) is 5.82 Å². The molecule has 0 radical (unpaired) electrons. The SMILES string of the molecule is O=C1CC(c2ccc(F)cc2)Nc2ccccc2N1Cc1ccccc1. The summed E-state index contributed by atoms with van der Waals surface area (Å²) in [5.74, 6) is -0.236. The monoisotopic (exact) mass is 346 g/mol. The summed E-state index contributed by atoms with van der Waals surface area (Å²) in [5.41, 5.74) is 3.75. The van der Waals surface area contributed by atoms with E-state index >= 15 is 0 Å². The Labute approximate surface area is 152 Å². The molecule has 1 unspecified atom stereocenters. The number of nitrogens with zero attached hydrogens (tertiary/aromatic N) is 1. The number of carbonyl (C=O) groups excluding carboxylic acids is 1. The van der Waals surface area contributed by atoms with Gasteiger partial charge in [0.1, 0.15) is 5.82 Å². The van der Waals surface area contributed by atoms with E-state index in [-0.39, 0.29) is 17.8 Å². The van der Waals surface area contributed by atoms with E-state index in [9.17, 15) is 9.18 Å². The summed E-state index contributed by atoms with van der Waals surface area (Å²) in [5, 5.41) is 3.46. The number of hydrogen-bond acceptors (Lipinski definition) is 2. The van der Waals surface area contributed by atoms with Gasteiger partial charge >= 0.3 is 0 Å². The van der Waals surface area contributed by atoms with Crippen LogP contribution in [0.4, 0.5) is 15.8 Å². The number of carbonyl (C=O) groups is 1. The van der Waals surface area contributed by atoms with Gasteiger partial charge in [0.25, 0.3) is 0 Å². The fraction of sp³-hybridized carbons (Fsp3) is 0.136. The van der Waals surface area contributed by atoms with Crippen LogP contribution in [0.2, 0.25) is 0 Å². The zero-order valence-corrected chi connectivity index (χ0v) is 14.2. The molecule has 1 N–H and O–H groups in total. The number of rotatable bonds is 3. The van der Waals surface area contributed by atoms with E-state index in [0.29, 0.717) is 13.0 Å². The van der Waals surface area contributed by atoms with Crippen molar-refractivity contribution in [1.29, 1.82) is 0 Å². The molecule has 1 amide bonds. The van der Waals surface area contributed by atoms with Gasteiger partial charge in [0, 0.05) is 0 Å². The molecule has 3 nitrogen and oxygen atoms in total. The summed E-state index contributed by atoms with van der Waals surface area (Å²) in [4.78, 5) is 14.9. The van der Waals surface area contributed by atoms with E-state index in [1.54, 1.807) is 12.1 Å². The fourth-order valence-corrected chi connectivity index (χ4v) is 3.32. The maximum Gasteiger partial charge on any atom is 0.229 e. The second kappa shape index (κ2) is 7.00. The van der Waals surface area contributed by atoms with Crippen LogP contribution in [0.25, 0.3) is 0 Å². The van der Waals surface area contributed by atoms with Gasteiger partial charge in [-0.1, -0.05) is 54.6 Å². The highest BCUT2D eigenvalue weighted by Crippen LogP contribution is 2.36. The molecule has 1 heterocycles. The summed E-state index contributed by atoms with van der Waals surface area (Å²) < 4.78 is 13.3. The molecule has 1 atom stereocenters. The molecular weight excluding hydrogens is 327 g/mol. The smallest absolute Gasteiger partial charge is 0.229 e. The molecule has 0 fully saturated rings. The van der Waals surface area contributed by atoms with Crippen molar-refractivity contribution in [2.45, 2.75) is 19.0 Å². The van der Waals surface area contributed by atoms with Crippen LogP contribution in [-0.4, -0.2) is 5.91 Å². The van der Waals surface area contributed by atoms with Crippen LogP contribution in [-0.2, 0) is 11.3 Å². The lowest BCUT2D eigenvalue weighted by atomic mass is 10.0. The van der Waals surface area contributed by atoms with E-state index < -0.39 is 0 Å². The molecule has 1 aliphatic heterocycles. The van der Waals surface area contributed by atoms with Gasteiger partial charge in [0.05, 0.1) is 30.4 Å². The van der Waals surface area contributed by atoms with Crippen LogP contribution in [0.15, 0.2) is 78.9 Å². The Balaban J connectivity index is 1.69. The van der Waals surface area contributed by atoms with Gasteiger partial charge in [-0.25, -0.2) is 4.39 Å². The standard InChI is InChI=1S/C22H19FN2O/c23-18-12-10-17(11-13-18)20-14-22(26)25(15-16-6-2-1-3-7-16)21-9-5-4-8-19(21)24-20/h1-13,20,24H,14-15H2. The Kier molecular flexibility index (Phi) is 4.40. The lowest BCUT2D eigenvalue weighted by Gasteiger charge is -2.22. The maximum absolute atomic E-state index is 13.3. The fourth-order valence-electron chi connectivity index (χ4n) is 3.32. The average Bonchev–Trinajstić information content (AvgIpc) is 2.80. The average molecular weight is 346 g/mol. The number of halogens is 1. The molecule has 0 spiro atoms. The Morgan fingerprint density at radius 3 is 2.38 bits per heavy atom. The predicted octanol–water partition coefficient (Wildman–Crippen LogP) is 4.92. The predicted molar refractivity (Wildman–Crippen MR) is 101 cm³/mol. The van der Waals surface area contributed by atoms with Gasteiger partial charge in [-0.3, -0.25) is 4.79 Å². The number of anilines is 2. The first kappa shape index (κ1) is 16.3. The Bertz CT molecular complexity index is 909. The van der Waals surface area contributed by atoms with Crippen molar-refractivity contribution >= 4 is 17.3 Å². The third-order valence-corrected chi connectivity index (χ3v) is 4.66. The summed E-state index contributed by atoms with van der Waals surface area (Å²) in [6.07, 6.45) is 0.313. The summed E-state index contributed by atoms with van der Waals surface area (Å²) in [7, 11) is 0. The van der Waals surface area contributed by atoms with Crippen LogP contribution in [0.3, 0.4) is 0 Å². The van der Waals surface area contributed by atoms with E-state index in [1.165, 1.54) is 12.1 Å². The van der Waals surface area contributed by atoms with E-state index in [1.807, 2.05) is 59.5 Å². The molecule has 4 rings (SSSR count). The molecule has 3 aromatic rings. The van der Waals surface area contributed by atoms with Crippen LogP contribution >= 0.6 is 0 Å². The first-order valence-electron chi connectivity index (χ1n) is 8.66. The van der Waals surface area contributed by atoms with Crippen molar-refractivity contribution in [1.82, 2.24) is 0 Å². The second-order valence-electron chi connectivity index (χ2n) is 6.44. The molecule has 1 aliphatic rings. The van der Waals surface area contributed by atoms with Crippen LogP contribution in [0.1, 0.15) is 23.6 Å². The first-order valence-corrected chi connectivity index (χ1v) is 8.66. The van der Waals surface area contributed by atoms with Crippen LogP contribution < -0.4 is 10.2 Å². The molecule has 130 valence electrons. The first-order chi connectivity index (χ1) is 12.7. The number of benzene rings is 3. The van der Waals surface area contributed by atoms with Crippen molar-refractivity contribution < 1.29 is 9.18 Å². The van der Waals surface area contributed by atoms with E-state index in [2.05, 4.69) is 5.32 Å². The molecule has 3 aromatic carbocycles. The molecule has 0 bridgehead atoms. The van der Waals surface area contributed by atoms with Crippen LogP contribution in [0.5, 0.6) is 0 Å². The normalized spacial score (nSPS) is 16.6. The Morgan fingerprint density at radius 2 is 1.62 bits per heavy atom. The highest BCUT2D eigenvalue weighted by atomic mass is 19.1. The molecule has 0 aromatic heterocycles. The molecule has 0 saturated carbocycles. The quantitative estimate of drug-likeness (QED) is 0.730. The highest BCUT2D eigenvalue weighted by molar-refractivity contribution is 5.98. The minimum absolute atomic E-state index is 0.0422. The summed E-state index contributed by atoms with van der Waals surface area (Å²) in [6, 6.07) is 23.9. The summed E-state index contributed by atoms with van der Waals surface area (Å²) in [6.45, 7) is 0.522. The third kappa shape index (κ3) is 3.31. The van der Waals surface area contributed by atoms with Gasteiger partial charge in [-0.15, -0.1) is 0 Å². The second-order valence-corrected chi connectivity index (χ2v) is 6.44. The van der Waals surface area contributed by atoms with Gasteiger partial charge in [-0.2, -0.15) is 0 Å². The number of fused-ring (bicyclic) bond motifs is 1. The van der Waals surface area contributed by atoms with E-state index in [0.717, 1.165) is 22.5 Å². The Hall–Kier alpha value is -3.14. The van der Waals surface area contributed by atoms with Crippen molar-refractivity contribution in [2.24, 2.45) is 0 Å². The van der Waals surface area contributed by atoms with Crippen molar-refractivity contribution in [2.75, 3.05) is 10.2 Å². The van der Waals surface area contributed by atoms with Gasteiger partial charge in [-0.05, 0) is 35.4 Å². The van der Waals surface area contributed by atoms with Crippen molar-refractivity contribution in [3.8, 4) is 0 Å². The third-order valence-electron chi connectivity index (χ3n) is 4.66. The van der Waals surface area contributed by atoms with Crippen molar-refractivity contribution in [3.63, 3.8) is 0 Å². The van der Waals surface area contributed by atoms with Crippen molar-refractivity contribution in [3.05, 3.63) is 95.8 Å². The molecule has 26 heavy (non-hydrogen) atoms. The van der Waals surface area contributed by atoms with Gasteiger partial charge in [0.15, 0.2) is 0 Å². The zero-order chi connectivity index (χ0) is 17.9. The molecular formula is C22H19FN2O. The Morgan fingerprint density at radius 1 is 0.923 bits per heavy atom.